The number of aromatic nitrogens is 2. The molecule has 0 saturated carbocycles. The van der Waals surface area contributed by atoms with Crippen LogP contribution >= 0.6 is 0 Å². The van der Waals surface area contributed by atoms with Crippen LogP contribution in [-0.4, -0.2) is 34.8 Å². The highest BCUT2D eigenvalue weighted by Gasteiger charge is 2.07. The van der Waals surface area contributed by atoms with Crippen molar-refractivity contribution in [2.24, 2.45) is 0 Å². The standard InChI is InChI=1S/C10H15N3O2/c1-3-4-8(7-14)12-10-11-6-5-9(13-10)15-2/h3,5-6,8,14H,1,4,7H2,2H3,(H,11,12,13)/t8-/m0/s1. The molecule has 0 fully saturated rings. The number of ether oxygens (including phenoxy) is 1. The molecule has 0 aliphatic rings. The van der Waals surface area contributed by atoms with Crippen molar-refractivity contribution in [3.05, 3.63) is 24.9 Å². The summed E-state index contributed by atoms with van der Waals surface area (Å²) in [6.45, 7) is 3.61. The Kier molecular flexibility index (Phi) is 4.56. The van der Waals surface area contributed by atoms with Gasteiger partial charge in [0.1, 0.15) is 0 Å². The molecule has 0 aliphatic carbocycles. The van der Waals surface area contributed by atoms with E-state index in [1.165, 1.54) is 0 Å². The van der Waals surface area contributed by atoms with Gasteiger partial charge in [0.05, 0.1) is 19.8 Å². The topological polar surface area (TPSA) is 67.3 Å². The van der Waals surface area contributed by atoms with Crippen LogP contribution in [0.15, 0.2) is 24.9 Å². The van der Waals surface area contributed by atoms with Crippen LogP contribution in [0, 0.1) is 0 Å². The summed E-state index contributed by atoms with van der Waals surface area (Å²) in [5.41, 5.74) is 0. The highest BCUT2D eigenvalue weighted by atomic mass is 16.5. The Hall–Kier alpha value is -1.62. The zero-order valence-corrected chi connectivity index (χ0v) is 8.68. The van der Waals surface area contributed by atoms with E-state index < -0.39 is 0 Å². The number of methoxy groups -OCH3 is 1. The van der Waals surface area contributed by atoms with E-state index in [0.29, 0.717) is 18.2 Å². The van der Waals surface area contributed by atoms with Crippen LogP contribution in [0.5, 0.6) is 5.88 Å². The first kappa shape index (κ1) is 11.5. The number of nitrogens with one attached hydrogen (secondary N) is 1. The predicted molar refractivity (Wildman–Crippen MR) is 57.9 cm³/mol. The summed E-state index contributed by atoms with van der Waals surface area (Å²) in [4.78, 5) is 8.08. The Balaban J connectivity index is 2.65. The van der Waals surface area contributed by atoms with Crippen LogP contribution in [0.3, 0.4) is 0 Å². The summed E-state index contributed by atoms with van der Waals surface area (Å²) < 4.78 is 4.96. The van der Waals surface area contributed by atoms with Crippen LogP contribution in [0.4, 0.5) is 5.95 Å². The van der Waals surface area contributed by atoms with E-state index in [2.05, 4.69) is 21.9 Å². The van der Waals surface area contributed by atoms with E-state index in [-0.39, 0.29) is 12.6 Å². The predicted octanol–water partition coefficient (Wildman–Crippen LogP) is 0.834. The second kappa shape index (κ2) is 5.98. The smallest absolute Gasteiger partial charge is 0.226 e. The lowest BCUT2D eigenvalue weighted by Gasteiger charge is -2.13. The number of hydrogen-bond donors (Lipinski definition) is 2. The Morgan fingerprint density at radius 2 is 2.53 bits per heavy atom. The third kappa shape index (κ3) is 3.55. The van der Waals surface area contributed by atoms with Gasteiger partial charge in [-0.3, -0.25) is 0 Å². The number of aliphatic hydroxyl groups excluding tert-OH is 1. The van der Waals surface area contributed by atoms with Crippen molar-refractivity contribution < 1.29 is 9.84 Å². The van der Waals surface area contributed by atoms with Crippen molar-refractivity contribution in [1.29, 1.82) is 0 Å². The van der Waals surface area contributed by atoms with Gasteiger partial charge in [-0.25, -0.2) is 4.98 Å². The first-order chi connectivity index (χ1) is 7.30. The SMILES string of the molecule is C=CC[C@@H](CO)Nc1nccc(OC)n1. The van der Waals surface area contributed by atoms with Gasteiger partial charge >= 0.3 is 0 Å². The summed E-state index contributed by atoms with van der Waals surface area (Å²) in [5.74, 6) is 0.929. The maximum absolute atomic E-state index is 9.05. The quantitative estimate of drug-likeness (QED) is 0.679. The van der Waals surface area contributed by atoms with E-state index in [4.69, 9.17) is 9.84 Å². The highest BCUT2D eigenvalue weighted by molar-refractivity contribution is 5.29. The molecule has 0 aliphatic heterocycles. The average Bonchev–Trinajstić information content (AvgIpc) is 2.29. The molecular formula is C10H15N3O2. The summed E-state index contributed by atoms with van der Waals surface area (Å²) in [6.07, 6.45) is 3.97. The summed E-state index contributed by atoms with van der Waals surface area (Å²) in [5, 5.41) is 12.0. The lowest BCUT2D eigenvalue weighted by Crippen LogP contribution is -2.24. The fourth-order valence-corrected chi connectivity index (χ4v) is 1.09. The van der Waals surface area contributed by atoms with Crippen molar-refractivity contribution in [2.75, 3.05) is 19.0 Å². The Labute approximate surface area is 88.8 Å². The summed E-state index contributed by atoms with van der Waals surface area (Å²) >= 11 is 0. The molecule has 1 aromatic rings. The summed E-state index contributed by atoms with van der Waals surface area (Å²) in [6, 6.07) is 1.54. The molecule has 5 nitrogen and oxygen atoms in total. The third-order valence-electron chi connectivity index (χ3n) is 1.84. The van der Waals surface area contributed by atoms with E-state index in [9.17, 15) is 0 Å². The monoisotopic (exact) mass is 209 g/mol. The molecule has 15 heavy (non-hydrogen) atoms. The molecule has 0 spiro atoms. The Morgan fingerprint density at radius 1 is 1.73 bits per heavy atom. The van der Waals surface area contributed by atoms with Crippen molar-refractivity contribution >= 4 is 5.95 Å². The minimum absolute atomic E-state index is 0.00654. The molecule has 5 heteroatoms. The fraction of sp³-hybridized carbons (Fsp3) is 0.400. The van der Waals surface area contributed by atoms with E-state index in [0.717, 1.165) is 0 Å². The van der Waals surface area contributed by atoms with E-state index in [1.54, 1.807) is 25.4 Å². The van der Waals surface area contributed by atoms with Crippen LogP contribution in [-0.2, 0) is 0 Å². The van der Waals surface area contributed by atoms with Gasteiger partial charge in [0.2, 0.25) is 11.8 Å². The maximum atomic E-state index is 9.05. The number of rotatable bonds is 6. The van der Waals surface area contributed by atoms with Crippen molar-refractivity contribution in [3.63, 3.8) is 0 Å². The van der Waals surface area contributed by atoms with Gasteiger partial charge in [0.15, 0.2) is 0 Å². The second-order valence-electron chi connectivity index (χ2n) is 2.97. The Morgan fingerprint density at radius 3 is 3.13 bits per heavy atom. The van der Waals surface area contributed by atoms with Gasteiger partial charge in [0, 0.05) is 12.3 Å². The highest BCUT2D eigenvalue weighted by Crippen LogP contribution is 2.09. The van der Waals surface area contributed by atoms with Gasteiger partial charge in [-0.05, 0) is 6.42 Å². The molecule has 0 saturated heterocycles. The molecule has 1 rings (SSSR count). The molecule has 0 aromatic carbocycles. The van der Waals surface area contributed by atoms with Crippen molar-refractivity contribution in [2.45, 2.75) is 12.5 Å². The van der Waals surface area contributed by atoms with Crippen molar-refractivity contribution in [1.82, 2.24) is 9.97 Å². The zero-order valence-electron chi connectivity index (χ0n) is 8.68. The molecule has 1 atom stereocenters. The average molecular weight is 209 g/mol. The molecule has 0 unspecified atom stereocenters. The minimum atomic E-state index is -0.116. The number of aliphatic hydroxyl groups is 1. The minimum Gasteiger partial charge on any atom is -0.481 e. The molecule has 0 bridgehead atoms. The third-order valence-corrected chi connectivity index (χ3v) is 1.84. The van der Waals surface area contributed by atoms with Gasteiger partial charge < -0.3 is 15.2 Å². The van der Waals surface area contributed by atoms with Gasteiger partial charge in [0.25, 0.3) is 0 Å². The Bertz CT molecular complexity index is 317. The molecule has 1 heterocycles. The van der Waals surface area contributed by atoms with E-state index in [1.807, 2.05) is 0 Å². The normalized spacial score (nSPS) is 11.9. The maximum Gasteiger partial charge on any atom is 0.226 e. The first-order valence-corrected chi connectivity index (χ1v) is 4.65. The van der Waals surface area contributed by atoms with Crippen LogP contribution in [0.2, 0.25) is 0 Å². The number of hydrogen-bond acceptors (Lipinski definition) is 5. The number of nitrogens with zero attached hydrogens (tertiary/aromatic N) is 2. The molecule has 2 N–H and O–H groups in total. The lowest BCUT2D eigenvalue weighted by atomic mass is 10.2. The van der Waals surface area contributed by atoms with Gasteiger partial charge in [-0.15, -0.1) is 6.58 Å². The van der Waals surface area contributed by atoms with Crippen LogP contribution < -0.4 is 10.1 Å². The summed E-state index contributed by atoms with van der Waals surface area (Å²) in [7, 11) is 1.54. The molecule has 0 amide bonds. The second-order valence-corrected chi connectivity index (χ2v) is 2.97. The van der Waals surface area contributed by atoms with Crippen LogP contribution in [0.1, 0.15) is 6.42 Å². The zero-order chi connectivity index (χ0) is 11.1. The molecule has 82 valence electrons. The van der Waals surface area contributed by atoms with E-state index >= 15 is 0 Å². The number of anilines is 1. The van der Waals surface area contributed by atoms with Gasteiger partial charge in [-0.1, -0.05) is 6.08 Å². The van der Waals surface area contributed by atoms with Crippen molar-refractivity contribution in [3.8, 4) is 5.88 Å². The van der Waals surface area contributed by atoms with Gasteiger partial charge in [-0.2, -0.15) is 4.98 Å². The lowest BCUT2D eigenvalue weighted by molar-refractivity contribution is 0.274. The first-order valence-electron chi connectivity index (χ1n) is 4.65. The van der Waals surface area contributed by atoms with Crippen LogP contribution in [0.25, 0.3) is 0 Å². The molecule has 0 radical (unpaired) electrons. The largest absolute Gasteiger partial charge is 0.481 e. The molecular weight excluding hydrogens is 194 g/mol. The fourth-order valence-electron chi connectivity index (χ4n) is 1.09. The molecule has 1 aromatic heterocycles.